The minimum Gasteiger partial charge on any atom is -0.397 e. The molecule has 1 atom stereocenters. The maximum atomic E-state index is 13.2. The molecule has 5 heteroatoms. The molecule has 3 nitrogen and oxygen atoms in total. The van der Waals surface area contributed by atoms with Crippen LogP contribution in [0, 0.1) is 5.82 Å². The summed E-state index contributed by atoms with van der Waals surface area (Å²) in [6, 6.07) is 3.42. The standard InChI is InChI=1S/C12H17ClFN3/c1-16(2)8-3-4-17(7-8)12-5-9(13)10(14)6-11(12)15/h5-6,8H,3-4,7,15H2,1-2H3. The first-order valence-corrected chi connectivity index (χ1v) is 6.02. The highest BCUT2D eigenvalue weighted by molar-refractivity contribution is 6.31. The van der Waals surface area contributed by atoms with Gasteiger partial charge in [-0.3, -0.25) is 0 Å². The molecule has 1 heterocycles. The Balaban J connectivity index is 2.22. The molecule has 0 bridgehead atoms. The van der Waals surface area contributed by atoms with Gasteiger partial charge in [-0.25, -0.2) is 4.39 Å². The normalized spacial score (nSPS) is 20.3. The van der Waals surface area contributed by atoms with Gasteiger partial charge in [0.1, 0.15) is 5.82 Å². The van der Waals surface area contributed by atoms with Crippen molar-refractivity contribution < 1.29 is 4.39 Å². The molecule has 0 aliphatic carbocycles. The lowest BCUT2D eigenvalue weighted by molar-refractivity contribution is 0.315. The highest BCUT2D eigenvalue weighted by Crippen LogP contribution is 2.32. The van der Waals surface area contributed by atoms with E-state index in [0.29, 0.717) is 11.7 Å². The fraction of sp³-hybridized carbons (Fsp3) is 0.500. The van der Waals surface area contributed by atoms with Crippen molar-refractivity contribution in [3.8, 4) is 0 Å². The average molecular weight is 258 g/mol. The van der Waals surface area contributed by atoms with Crippen LogP contribution in [0.5, 0.6) is 0 Å². The fourth-order valence-corrected chi connectivity index (χ4v) is 2.37. The van der Waals surface area contributed by atoms with Crippen molar-refractivity contribution in [2.24, 2.45) is 0 Å². The Morgan fingerprint density at radius 2 is 2.18 bits per heavy atom. The average Bonchev–Trinajstić information content (AvgIpc) is 2.72. The van der Waals surface area contributed by atoms with E-state index in [0.717, 1.165) is 25.2 Å². The third-order valence-electron chi connectivity index (χ3n) is 3.30. The topological polar surface area (TPSA) is 32.5 Å². The second-order valence-corrected chi connectivity index (χ2v) is 5.08. The second kappa shape index (κ2) is 4.70. The van der Waals surface area contributed by atoms with Gasteiger partial charge in [0.05, 0.1) is 16.4 Å². The summed E-state index contributed by atoms with van der Waals surface area (Å²) in [7, 11) is 4.13. The molecular formula is C12H17ClFN3. The predicted molar refractivity (Wildman–Crippen MR) is 70.1 cm³/mol. The van der Waals surface area contributed by atoms with E-state index < -0.39 is 5.82 Å². The summed E-state index contributed by atoms with van der Waals surface area (Å²) >= 11 is 5.80. The van der Waals surface area contributed by atoms with Gasteiger partial charge in [0, 0.05) is 25.2 Å². The molecule has 0 saturated carbocycles. The lowest BCUT2D eigenvalue weighted by Crippen LogP contribution is -2.31. The van der Waals surface area contributed by atoms with Crippen LogP contribution in [0.25, 0.3) is 0 Å². The SMILES string of the molecule is CN(C)C1CCN(c2cc(Cl)c(F)cc2N)C1. The zero-order valence-electron chi connectivity index (χ0n) is 10.1. The number of likely N-dealkylation sites (N-methyl/N-ethyl adjacent to an activating group) is 1. The van der Waals surface area contributed by atoms with Crippen molar-refractivity contribution in [3.05, 3.63) is 23.0 Å². The maximum Gasteiger partial charge on any atom is 0.143 e. The number of nitrogens with two attached hydrogens (primary N) is 1. The molecule has 0 aromatic heterocycles. The summed E-state index contributed by atoms with van der Waals surface area (Å²) in [5.74, 6) is -0.462. The van der Waals surface area contributed by atoms with Crippen molar-refractivity contribution in [1.29, 1.82) is 0 Å². The first-order valence-electron chi connectivity index (χ1n) is 5.65. The Morgan fingerprint density at radius 3 is 2.76 bits per heavy atom. The van der Waals surface area contributed by atoms with E-state index in [2.05, 4.69) is 23.9 Å². The molecule has 0 spiro atoms. The van der Waals surface area contributed by atoms with Crippen LogP contribution in [-0.4, -0.2) is 38.1 Å². The summed E-state index contributed by atoms with van der Waals surface area (Å²) in [5.41, 5.74) is 7.12. The van der Waals surface area contributed by atoms with Crippen molar-refractivity contribution in [2.75, 3.05) is 37.8 Å². The van der Waals surface area contributed by atoms with Crippen LogP contribution in [0.3, 0.4) is 0 Å². The molecule has 1 aromatic carbocycles. The number of benzene rings is 1. The van der Waals surface area contributed by atoms with E-state index in [4.69, 9.17) is 17.3 Å². The van der Waals surface area contributed by atoms with Crippen LogP contribution in [-0.2, 0) is 0 Å². The smallest absolute Gasteiger partial charge is 0.143 e. The van der Waals surface area contributed by atoms with Crippen molar-refractivity contribution in [3.63, 3.8) is 0 Å². The third kappa shape index (κ3) is 2.48. The molecular weight excluding hydrogens is 241 g/mol. The molecule has 1 aliphatic heterocycles. The minimum atomic E-state index is -0.462. The summed E-state index contributed by atoms with van der Waals surface area (Å²) in [4.78, 5) is 4.35. The molecule has 1 unspecified atom stereocenters. The van der Waals surface area contributed by atoms with Gasteiger partial charge >= 0.3 is 0 Å². The van der Waals surface area contributed by atoms with E-state index in [-0.39, 0.29) is 5.02 Å². The molecule has 0 radical (unpaired) electrons. The van der Waals surface area contributed by atoms with Gasteiger partial charge in [-0.15, -0.1) is 0 Å². The van der Waals surface area contributed by atoms with Crippen molar-refractivity contribution in [2.45, 2.75) is 12.5 Å². The van der Waals surface area contributed by atoms with E-state index in [1.807, 2.05) is 0 Å². The summed E-state index contributed by atoms with van der Waals surface area (Å²) in [6.07, 6.45) is 1.08. The Hall–Kier alpha value is -1.00. The molecule has 17 heavy (non-hydrogen) atoms. The molecule has 2 rings (SSSR count). The first kappa shape index (κ1) is 12.5. The Labute approximate surface area is 106 Å². The molecule has 0 amide bonds. The molecule has 1 fully saturated rings. The largest absolute Gasteiger partial charge is 0.397 e. The first-order chi connectivity index (χ1) is 7.99. The number of hydrogen-bond donors (Lipinski definition) is 1. The quantitative estimate of drug-likeness (QED) is 0.825. The van der Waals surface area contributed by atoms with Crippen LogP contribution in [0.4, 0.5) is 15.8 Å². The fourth-order valence-electron chi connectivity index (χ4n) is 2.21. The molecule has 1 aliphatic rings. The molecule has 1 saturated heterocycles. The Bertz CT molecular complexity index is 422. The van der Waals surface area contributed by atoms with Gasteiger partial charge in [0.25, 0.3) is 0 Å². The Kier molecular flexibility index (Phi) is 3.45. The van der Waals surface area contributed by atoms with Gasteiger partial charge in [0.2, 0.25) is 0 Å². The van der Waals surface area contributed by atoms with E-state index in [9.17, 15) is 4.39 Å². The van der Waals surface area contributed by atoms with Gasteiger partial charge in [-0.05, 0) is 26.6 Å². The lowest BCUT2D eigenvalue weighted by atomic mass is 10.2. The number of anilines is 2. The van der Waals surface area contributed by atoms with E-state index in [1.54, 1.807) is 6.07 Å². The number of nitrogen functional groups attached to an aromatic ring is 1. The summed E-state index contributed by atoms with van der Waals surface area (Å²) in [6.45, 7) is 1.83. The van der Waals surface area contributed by atoms with Crippen LogP contribution in [0.15, 0.2) is 12.1 Å². The van der Waals surface area contributed by atoms with Gasteiger partial charge < -0.3 is 15.5 Å². The predicted octanol–water partition coefficient (Wildman–Crippen LogP) is 2.20. The van der Waals surface area contributed by atoms with Crippen molar-refractivity contribution in [1.82, 2.24) is 4.90 Å². The Morgan fingerprint density at radius 1 is 1.47 bits per heavy atom. The van der Waals surface area contributed by atoms with Gasteiger partial charge in [-0.2, -0.15) is 0 Å². The minimum absolute atomic E-state index is 0.127. The molecule has 94 valence electrons. The summed E-state index contributed by atoms with van der Waals surface area (Å²) in [5, 5.41) is 0.127. The van der Waals surface area contributed by atoms with Crippen LogP contribution in [0.2, 0.25) is 5.02 Å². The lowest BCUT2D eigenvalue weighted by Gasteiger charge is -2.23. The van der Waals surface area contributed by atoms with Gasteiger partial charge in [0.15, 0.2) is 0 Å². The van der Waals surface area contributed by atoms with Crippen molar-refractivity contribution >= 4 is 23.0 Å². The van der Waals surface area contributed by atoms with Gasteiger partial charge in [-0.1, -0.05) is 11.6 Å². The van der Waals surface area contributed by atoms with E-state index in [1.165, 1.54) is 6.07 Å². The number of halogens is 2. The molecule has 2 N–H and O–H groups in total. The second-order valence-electron chi connectivity index (χ2n) is 4.68. The zero-order valence-corrected chi connectivity index (χ0v) is 10.8. The summed E-state index contributed by atoms with van der Waals surface area (Å²) < 4.78 is 13.2. The van der Waals surface area contributed by atoms with E-state index >= 15 is 0 Å². The maximum absolute atomic E-state index is 13.2. The highest BCUT2D eigenvalue weighted by atomic mass is 35.5. The van der Waals surface area contributed by atoms with Crippen LogP contribution >= 0.6 is 11.6 Å². The monoisotopic (exact) mass is 257 g/mol. The number of rotatable bonds is 2. The number of hydrogen-bond acceptors (Lipinski definition) is 3. The van der Waals surface area contributed by atoms with Crippen LogP contribution in [0.1, 0.15) is 6.42 Å². The third-order valence-corrected chi connectivity index (χ3v) is 3.59. The number of nitrogens with zero attached hydrogens (tertiary/aromatic N) is 2. The molecule has 1 aromatic rings. The van der Waals surface area contributed by atoms with Crippen LogP contribution < -0.4 is 10.6 Å². The zero-order chi connectivity index (χ0) is 12.6. The highest BCUT2D eigenvalue weighted by Gasteiger charge is 2.25.